The molecule has 0 unspecified atom stereocenters. The molecule has 0 bridgehead atoms. The first kappa shape index (κ1) is 20.8. The van der Waals surface area contributed by atoms with Crippen LogP contribution in [0.25, 0.3) is 0 Å². The summed E-state index contributed by atoms with van der Waals surface area (Å²) in [5, 5.41) is 5.50. The van der Waals surface area contributed by atoms with Crippen LogP contribution in [0.5, 0.6) is 0 Å². The van der Waals surface area contributed by atoms with Crippen molar-refractivity contribution in [2.45, 2.75) is 39.0 Å². The van der Waals surface area contributed by atoms with E-state index in [0.717, 1.165) is 19.3 Å². The highest BCUT2D eigenvalue weighted by atomic mass is 16.5. The summed E-state index contributed by atoms with van der Waals surface area (Å²) in [5.74, 6) is 0.128. The summed E-state index contributed by atoms with van der Waals surface area (Å²) in [6.45, 7) is 4.28. The summed E-state index contributed by atoms with van der Waals surface area (Å²) in [6.07, 6.45) is 3.14. The van der Waals surface area contributed by atoms with Gasteiger partial charge in [-0.2, -0.15) is 0 Å². The molecule has 0 atom stereocenters. The van der Waals surface area contributed by atoms with E-state index < -0.39 is 11.5 Å². The molecule has 7 heteroatoms. The molecule has 1 aromatic carbocycles. The zero-order valence-electron chi connectivity index (χ0n) is 17.0. The molecule has 7 nitrogen and oxygen atoms in total. The third-order valence-corrected chi connectivity index (χ3v) is 5.32. The summed E-state index contributed by atoms with van der Waals surface area (Å²) in [6, 6.07) is 6.84. The highest BCUT2D eigenvalue weighted by Gasteiger charge is 2.25. The Bertz CT molecular complexity index is 976. The Hall–Kier alpha value is -2.93. The van der Waals surface area contributed by atoms with Crippen LogP contribution in [0.4, 0.5) is 5.69 Å². The van der Waals surface area contributed by atoms with Crippen LogP contribution in [0.1, 0.15) is 62.8 Å². The van der Waals surface area contributed by atoms with Crippen molar-refractivity contribution < 1.29 is 18.7 Å². The van der Waals surface area contributed by atoms with Gasteiger partial charge in [-0.1, -0.05) is 12.5 Å². The molecule has 1 aliphatic rings. The third-order valence-electron chi connectivity index (χ3n) is 5.32. The Morgan fingerprint density at radius 2 is 1.97 bits per heavy atom. The number of nitrogens with one attached hydrogen (secondary N) is 2. The Kier molecular flexibility index (Phi) is 6.49. The number of ether oxygens (including phenoxy) is 1. The van der Waals surface area contributed by atoms with Gasteiger partial charge in [0.15, 0.2) is 0 Å². The van der Waals surface area contributed by atoms with Crippen LogP contribution < -0.4 is 16.3 Å². The average Bonchev–Trinajstić information content (AvgIpc) is 2.61. The molecule has 1 saturated carbocycles. The maximum absolute atomic E-state index is 12.8. The van der Waals surface area contributed by atoms with Crippen LogP contribution in [0.3, 0.4) is 0 Å². The molecule has 0 spiro atoms. The molecule has 2 amide bonds. The minimum atomic E-state index is -0.629. The summed E-state index contributed by atoms with van der Waals surface area (Å²) in [7, 11) is 1.56. The number of benzene rings is 1. The number of rotatable bonds is 7. The molecule has 0 radical (unpaired) electrons. The number of carbonyl (C=O) groups excluding carboxylic acids is 2. The van der Waals surface area contributed by atoms with Gasteiger partial charge in [0.2, 0.25) is 0 Å². The SMILES string of the molecule is COCCNC(=O)c1cccc(NC(=O)c2c(C)cc(C3CCC3)oc2=O)c1C. The number of anilines is 1. The van der Waals surface area contributed by atoms with Crippen molar-refractivity contribution in [3.05, 3.63) is 62.7 Å². The first-order chi connectivity index (χ1) is 13.9. The summed E-state index contributed by atoms with van der Waals surface area (Å²) >= 11 is 0. The number of methoxy groups -OCH3 is 1. The quantitative estimate of drug-likeness (QED) is 0.698. The topological polar surface area (TPSA) is 97.6 Å². The van der Waals surface area contributed by atoms with Gasteiger partial charge < -0.3 is 19.8 Å². The van der Waals surface area contributed by atoms with Crippen LogP contribution in [0.15, 0.2) is 33.5 Å². The van der Waals surface area contributed by atoms with E-state index in [2.05, 4.69) is 10.6 Å². The number of hydrogen-bond acceptors (Lipinski definition) is 5. The van der Waals surface area contributed by atoms with Gasteiger partial charge in [0.25, 0.3) is 11.8 Å². The van der Waals surface area contributed by atoms with Crippen molar-refractivity contribution in [1.82, 2.24) is 5.32 Å². The van der Waals surface area contributed by atoms with E-state index in [9.17, 15) is 14.4 Å². The smallest absolute Gasteiger partial charge is 0.349 e. The predicted octanol–water partition coefficient (Wildman–Crippen LogP) is 3.15. The second-order valence-electron chi connectivity index (χ2n) is 7.30. The minimum absolute atomic E-state index is 0.0116. The van der Waals surface area contributed by atoms with E-state index in [0.29, 0.717) is 41.3 Å². The van der Waals surface area contributed by atoms with Gasteiger partial charge in [-0.25, -0.2) is 4.79 Å². The van der Waals surface area contributed by atoms with Crippen molar-refractivity contribution in [2.75, 3.05) is 25.6 Å². The van der Waals surface area contributed by atoms with Crippen molar-refractivity contribution in [2.24, 2.45) is 0 Å². The fraction of sp³-hybridized carbons (Fsp3) is 0.409. The summed E-state index contributed by atoms with van der Waals surface area (Å²) in [4.78, 5) is 37.6. The lowest BCUT2D eigenvalue weighted by Crippen LogP contribution is -2.28. The molecule has 1 heterocycles. The van der Waals surface area contributed by atoms with E-state index in [1.807, 2.05) is 0 Å². The second-order valence-corrected chi connectivity index (χ2v) is 7.30. The molecule has 0 aliphatic heterocycles. The lowest BCUT2D eigenvalue weighted by Gasteiger charge is -2.24. The first-order valence-corrected chi connectivity index (χ1v) is 9.75. The van der Waals surface area contributed by atoms with Gasteiger partial charge in [0, 0.05) is 30.8 Å². The lowest BCUT2D eigenvalue weighted by molar-refractivity contribution is 0.0935. The molecular weight excluding hydrogens is 372 g/mol. The van der Waals surface area contributed by atoms with E-state index in [4.69, 9.17) is 9.15 Å². The lowest BCUT2D eigenvalue weighted by atomic mass is 9.83. The fourth-order valence-electron chi connectivity index (χ4n) is 3.36. The maximum Gasteiger partial charge on any atom is 0.349 e. The summed E-state index contributed by atoms with van der Waals surface area (Å²) in [5.41, 5.74) is 1.48. The first-order valence-electron chi connectivity index (χ1n) is 9.75. The largest absolute Gasteiger partial charge is 0.427 e. The van der Waals surface area contributed by atoms with E-state index >= 15 is 0 Å². The Morgan fingerprint density at radius 1 is 1.21 bits per heavy atom. The third kappa shape index (κ3) is 4.56. The second kappa shape index (κ2) is 9.05. The maximum atomic E-state index is 12.8. The molecule has 29 heavy (non-hydrogen) atoms. The van der Waals surface area contributed by atoms with Crippen LogP contribution in [0.2, 0.25) is 0 Å². The molecule has 2 N–H and O–H groups in total. The Balaban J connectivity index is 1.80. The highest BCUT2D eigenvalue weighted by Crippen LogP contribution is 2.36. The van der Waals surface area contributed by atoms with E-state index in [1.165, 1.54) is 0 Å². The highest BCUT2D eigenvalue weighted by molar-refractivity contribution is 6.06. The zero-order chi connectivity index (χ0) is 21.0. The van der Waals surface area contributed by atoms with Crippen LogP contribution in [-0.2, 0) is 4.74 Å². The molecule has 2 aromatic rings. The summed E-state index contributed by atoms with van der Waals surface area (Å²) < 4.78 is 10.3. The average molecular weight is 398 g/mol. The standard InChI is InChI=1S/C22H26N2O5/c1-13-12-18(15-6-4-7-15)29-22(27)19(13)21(26)24-17-9-5-8-16(14(17)2)20(25)23-10-11-28-3/h5,8-9,12,15H,4,6-7,10-11H2,1-3H3,(H,23,25)(H,24,26). The van der Waals surface area contributed by atoms with E-state index in [-0.39, 0.29) is 17.4 Å². The molecule has 0 saturated heterocycles. The van der Waals surface area contributed by atoms with Gasteiger partial charge >= 0.3 is 5.63 Å². The fourth-order valence-corrected chi connectivity index (χ4v) is 3.36. The molecule has 1 aromatic heterocycles. The number of hydrogen-bond donors (Lipinski definition) is 2. The van der Waals surface area contributed by atoms with Crippen molar-refractivity contribution in [3.63, 3.8) is 0 Å². The molecule has 1 fully saturated rings. The van der Waals surface area contributed by atoms with E-state index in [1.54, 1.807) is 45.2 Å². The number of amides is 2. The van der Waals surface area contributed by atoms with Crippen LogP contribution >= 0.6 is 0 Å². The van der Waals surface area contributed by atoms with Crippen molar-refractivity contribution in [3.8, 4) is 0 Å². The van der Waals surface area contributed by atoms with Gasteiger partial charge in [-0.3, -0.25) is 9.59 Å². The normalized spacial score (nSPS) is 13.6. The van der Waals surface area contributed by atoms with Crippen molar-refractivity contribution in [1.29, 1.82) is 0 Å². The predicted molar refractivity (Wildman–Crippen MR) is 110 cm³/mol. The monoisotopic (exact) mass is 398 g/mol. The van der Waals surface area contributed by atoms with Crippen LogP contribution in [-0.4, -0.2) is 32.1 Å². The van der Waals surface area contributed by atoms with Gasteiger partial charge in [-0.05, 0) is 56.0 Å². The molecular formula is C22H26N2O5. The molecule has 3 rings (SSSR count). The zero-order valence-corrected chi connectivity index (χ0v) is 17.0. The Labute approximate surface area is 169 Å². The molecule has 1 aliphatic carbocycles. The van der Waals surface area contributed by atoms with Gasteiger partial charge in [0.05, 0.1) is 6.61 Å². The Morgan fingerprint density at radius 3 is 2.59 bits per heavy atom. The van der Waals surface area contributed by atoms with Gasteiger partial charge in [-0.15, -0.1) is 0 Å². The number of carbonyl (C=O) groups is 2. The van der Waals surface area contributed by atoms with Crippen LogP contribution in [0, 0.1) is 13.8 Å². The van der Waals surface area contributed by atoms with Crippen molar-refractivity contribution >= 4 is 17.5 Å². The minimum Gasteiger partial charge on any atom is -0.427 e. The van der Waals surface area contributed by atoms with Gasteiger partial charge in [0.1, 0.15) is 11.3 Å². The number of aryl methyl sites for hydroxylation is 1. The molecule has 154 valence electrons.